The average Bonchev–Trinajstić information content (AvgIpc) is 3.27. The van der Waals surface area contributed by atoms with Crippen LogP contribution in [0.1, 0.15) is 39.6 Å². The topological polar surface area (TPSA) is 109 Å². The molecule has 4 heterocycles. The van der Waals surface area contributed by atoms with Crippen molar-refractivity contribution in [2.45, 2.75) is 26.1 Å². The summed E-state index contributed by atoms with van der Waals surface area (Å²) in [6.07, 6.45) is -0.853. The first-order valence-corrected chi connectivity index (χ1v) is 12.4. The van der Waals surface area contributed by atoms with E-state index in [4.69, 9.17) is 4.74 Å². The summed E-state index contributed by atoms with van der Waals surface area (Å²) in [4.78, 5) is 39.9. The van der Waals surface area contributed by atoms with Gasteiger partial charge >= 0.3 is 6.18 Å². The fourth-order valence-electron chi connectivity index (χ4n) is 4.09. The largest absolute Gasteiger partial charge is 0.481 e. The minimum atomic E-state index is -4.65. The number of aromatic nitrogens is 3. The van der Waals surface area contributed by atoms with Crippen molar-refractivity contribution in [3.63, 3.8) is 0 Å². The van der Waals surface area contributed by atoms with Gasteiger partial charge in [0.25, 0.3) is 11.8 Å². The number of fused-ring (bicyclic) bond motifs is 1. The zero-order chi connectivity index (χ0) is 26.3. The summed E-state index contributed by atoms with van der Waals surface area (Å²) in [6.45, 7) is 5.51. The highest BCUT2D eigenvalue weighted by Crippen LogP contribution is 2.43. The van der Waals surface area contributed by atoms with Crippen molar-refractivity contribution in [3.8, 4) is 16.3 Å². The van der Waals surface area contributed by atoms with Gasteiger partial charge in [-0.15, -0.1) is 11.3 Å². The Morgan fingerprint density at radius 2 is 1.97 bits per heavy atom. The average molecular weight is 533 g/mol. The van der Waals surface area contributed by atoms with Crippen LogP contribution in [0.5, 0.6) is 5.75 Å². The van der Waals surface area contributed by atoms with E-state index in [2.05, 4.69) is 25.6 Å². The minimum absolute atomic E-state index is 0.110. The number of ether oxygens (including phenoxy) is 1. The van der Waals surface area contributed by atoms with E-state index >= 15 is 0 Å². The Morgan fingerprint density at radius 3 is 2.57 bits per heavy atom. The molecule has 2 N–H and O–H groups in total. The molecule has 0 aliphatic carbocycles. The molecule has 1 fully saturated rings. The summed E-state index contributed by atoms with van der Waals surface area (Å²) in [7, 11) is 0. The lowest BCUT2D eigenvalue weighted by Gasteiger charge is -2.36. The highest BCUT2D eigenvalue weighted by molar-refractivity contribution is 7.15. The molecule has 2 aromatic heterocycles. The maximum absolute atomic E-state index is 13.3. The van der Waals surface area contributed by atoms with Crippen molar-refractivity contribution in [1.29, 1.82) is 0 Å². The molecule has 9 nitrogen and oxygen atoms in total. The molecule has 1 atom stereocenters. The third-order valence-corrected chi connectivity index (χ3v) is 7.14. The highest BCUT2D eigenvalue weighted by Gasteiger charge is 2.35. The normalized spacial score (nSPS) is 16.6. The molecule has 0 radical (unpaired) electrons. The Balaban J connectivity index is 1.47. The van der Waals surface area contributed by atoms with Crippen molar-refractivity contribution in [2.75, 3.05) is 31.1 Å². The predicted molar refractivity (Wildman–Crippen MR) is 129 cm³/mol. The van der Waals surface area contributed by atoms with Crippen molar-refractivity contribution in [2.24, 2.45) is 5.92 Å². The van der Waals surface area contributed by atoms with Crippen LogP contribution >= 0.6 is 11.3 Å². The minimum Gasteiger partial charge on any atom is -0.481 e. The lowest BCUT2D eigenvalue weighted by molar-refractivity contribution is -0.145. The van der Waals surface area contributed by atoms with Crippen molar-refractivity contribution >= 4 is 28.8 Å². The molecule has 0 saturated carbocycles. The monoisotopic (exact) mass is 532 g/mol. The molecule has 13 heteroatoms. The van der Waals surface area contributed by atoms with Gasteiger partial charge in [0.15, 0.2) is 12.4 Å². The van der Waals surface area contributed by atoms with Gasteiger partial charge in [0.1, 0.15) is 5.01 Å². The van der Waals surface area contributed by atoms with Crippen molar-refractivity contribution in [1.82, 2.24) is 25.6 Å². The number of nitrogens with zero attached hydrogens (tertiary/aromatic N) is 4. The van der Waals surface area contributed by atoms with Crippen molar-refractivity contribution in [3.05, 3.63) is 52.6 Å². The van der Waals surface area contributed by atoms with E-state index in [1.165, 1.54) is 11.3 Å². The first-order valence-electron chi connectivity index (χ1n) is 11.5. The second-order valence-corrected chi connectivity index (χ2v) is 10.2. The van der Waals surface area contributed by atoms with Gasteiger partial charge < -0.3 is 20.3 Å². The van der Waals surface area contributed by atoms with E-state index in [-0.39, 0.29) is 24.0 Å². The number of nitrogens with one attached hydrogen (secondary N) is 2. The maximum atomic E-state index is 13.3. The van der Waals surface area contributed by atoms with Gasteiger partial charge in [-0.1, -0.05) is 0 Å². The number of halogens is 3. The summed E-state index contributed by atoms with van der Waals surface area (Å²) in [6, 6.07) is 2.58. The van der Waals surface area contributed by atoms with Gasteiger partial charge in [-0.2, -0.15) is 13.2 Å². The quantitative estimate of drug-likeness (QED) is 0.501. The van der Waals surface area contributed by atoms with Crippen LogP contribution in [0.2, 0.25) is 0 Å². The van der Waals surface area contributed by atoms with E-state index in [0.29, 0.717) is 34.1 Å². The summed E-state index contributed by atoms with van der Waals surface area (Å²) in [5, 5.41) is 6.62. The van der Waals surface area contributed by atoms with Crippen LogP contribution in [0.15, 0.2) is 30.7 Å². The summed E-state index contributed by atoms with van der Waals surface area (Å²) < 4.78 is 44.2. The molecular formula is C24H23F3N6O3S. The molecule has 0 spiro atoms. The van der Waals surface area contributed by atoms with Crippen LogP contribution in [0.4, 0.5) is 18.9 Å². The number of alkyl halides is 3. The zero-order valence-electron chi connectivity index (χ0n) is 19.9. The number of hydrogen-bond acceptors (Lipinski definition) is 8. The van der Waals surface area contributed by atoms with Crippen LogP contribution < -0.4 is 20.3 Å². The molecule has 5 rings (SSSR count). The highest BCUT2D eigenvalue weighted by atomic mass is 32.1. The number of hydrogen-bond donors (Lipinski definition) is 2. The van der Waals surface area contributed by atoms with E-state index in [0.717, 1.165) is 30.4 Å². The number of carbonyl (C=O) groups excluding carboxylic acids is 2. The number of anilines is 1. The first kappa shape index (κ1) is 25.1. The molecule has 194 valence electrons. The second-order valence-electron chi connectivity index (χ2n) is 9.00. The Morgan fingerprint density at radius 1 is 1.24 bits per heavy atom. The van der Waals surface area contributed by atoms with Crippen LogP contribution in [-0.4, -0.2) is 53.0 Å². The molecule has 1 saturated heterocycles. The maximum Gasteiger partial charge on any atom is 0.451 e. The fourth-order valence-corrected chi connectivity index (χ4v) is 4.87. The summed E-state index contributed by atoms with van der Waals surface area (Å²) in [5.41, 5.74) is 1.66. The summed E-state index contributed by atoms with van der Waals surface area (Å²) in [5.74, 6) is -1.15. The van der Waals surface area contributed by atoms with Gasteiger partial charge in [-0.3, -0.25) is 9.59 Å². The third-order valence-electron chi connectivity index (χ3n) is 6.19. The lowest BCUT2D eigenvalue weighted by Crippen LogP contribution is -2.51. The smallest absolute Gasteiger partial charge is 0.451 e. The van der Waals surface area contributed by atoms with Crippen molar-refractivity contribution < 1.29 is 27.5 Å². The molecule has 2 aliphatic heterocycles. The molecule has 1 unspecified atom stereocenters. The SMILES string of the molecule is Cc1cnc(-c2cc(C(=O)NC(C)c3cnc(C(F)(F)F)nc3)cc3c2OCC(=O)N3CC2CNC2)s1. The second kappa shape index (κ2) is 9.71. The molecule has 2 aliphatic rings. The van der Waals surface area contributed by atoms with Gasteiger partial charge in [-0.25, -0.2) is 15.0 Å². The standard InChI is InChI=1S/C24H23F3N6O3S/c1-12-5-29-22(37-12)17-3-15(4-18-20(17)36-11-19(34)33(18)10-14-6-28-7-14)21(35)32-13(2)16-8-30-23(31-9-16)24(25,26)27/h3-5,8-9,13-14,28H,6-7,10-11H2,1-2H3,(H,32,35). The van der Waals surface area contributed by atoms with Crippen LogP contribution in [0.3, 0.4) is 0 Å². The van der Waals surface area contributed by atoms with E-state index in [9.17, 15) is 22.8 Å². The van der Waals surface area contributed by atoms with Gasteiger partial charge in [0, 0.05) is 60.1 Å². The first-order chi connectivity index (χ1) is 17.6. The number of rotatable bonds is 6. The molecule has 1 aromatic carbocycles. The van der Waals surface area contributed by atoms with Crippen LogP contribution in [-0.2, 0) is 11.0 Å². The van der Waals surface area contributed by atoms with E-state index < -0.39 is 23.9 Å². The molecule has 0 bridgehead atoms. The Hall–Kier alpha value is -3.58. The lowest BCUT2D eigenvalue weighted by atomic mass is 10.00. The van der Waals surface area contributed by atoms with Crippen LogP contribution in [0.25, 0.3) is 10.6 Å². The van der Waals surface area contributed by atoms with Gasteiger partial charge in [0.05, 0.1) is 17.3 Å². The Labute approximate surface area is 214 Å². The molecule has 3 aromatic rings. The number of amides is 2. The third kappa shape index (κ3) is 5.14. The molecule has 37 heavy (non-hydrogen) atoms. The van der Waals surface area contributed by atoms with Crippen LogP contribution in [0, 0.1) is 12.8 Å². The van der Waals surface area contributed by atoms with Gasteiger partial charge in [0.2, 0.25) is 5.82 Å². The Kier molecular flexibility index (Phi) is 6.58. The molecular weight excluding hydrogens is 509 g/mol. The van der Waals surface area contributed by atoms with E-state index in [1.54, 1.807) is 30.2 Å². The number of carbonyl (C=O) groups is 2. The molecule has 2 amide bonds. The predicted octanol–water partition coefficient (Wildman–Crippen LogP) is 3.36. The Bertz CT molecular complexity index is 1340. The van der Waals surface area contributed by atoms with E-state index in [1.807, 2.05) is 6.92 Å². The summed E-state index contributed by atoms with van der Waals surface area (Å²) >= 11 is 1.44. The zero-order valence-corrected chi connectivity index (χ0v) is 20.7. The fraction of sp³-hybridized carbons (Fsp3) is 0.375. The number of benzene rings is 1. The number of thiazole rings is 1. The number of aryl methyl sites for hydroxylation is 1. The van der Waals surface area contributed by atoms with Gasteiger partial charge in [-0.05, 0) is 26.0 Å².